The normalized spacial score (nSPS) is 11.6. The number of guanidine groups is 1. The minimum Gasteiger partial charge on any atom is -0.356 e. The molecule has 0 unspecified atom stereocenters. The first-order chi connectivity index (χ1) is 13.3. The second-order valence-electron chi connectivity index (χ2n) is 6.47. The molecule has 0 saturated carbocycles. The number of para-hydroxylation sites is 1. The van der Waals surface area contributed by atoms with Crippen LogP contribution in [0, 0.1) is 6.92 Å². The molecule has 142 valence electrons. The average Bonchev–Trinajstić information content (AvgIpc) is 3.34. The number of aryl methyl sites for hydroxylation is 2. The monoisotopic (exact) mass is 364 g/mol. The van der Waals surface area contributed by atoms with Crippen molar-refractivity contribution in [2.45, 2.75) is 26.3 Å². The Morgan fingerprint density at radius 1 is 1.04 bits per heavy atom. The fourth-order valence-corrected chi connectivity index (χ4v) is 2.98. The molecule has 0 aliphatic carbocycles. The Bertz CT molecular complexity index is 833. The third-order valence-electron chi connectivity index (χ3n) is 4.49. The standard InChI is InChI=1S/C21H28N6/c1-18-19(17-27(25-18)20-10-4-3-5-11-20)9-8-12-23-21(22-2)24-13-16-26-14-6-7-15-26/h3-7,10-11,14-15,17H,8-9,12-13,16H2,1-2H3,(H2,22,23,24). The van der Waals surface area contributed by atoms with Gasteiger partial charge in [-0.1, -0.05) is 18.2 Å². The molecule has 0 amide bonds. The quantitative estimate of drug-likeness (QED) is 0.367. The molecule has 3 rings (SSSR count). The zero-order chi connectivity index (χ0) is 18.9. The predicted octanol–water partition coefficient (Wildman–Crippen LogP) is 2.78. The Hall–Kier alpha value is -3.02. The molecule has 0 saturated heterocycles. The Kier molecular flexibility index (Phi) is 6.68. The SMILES string of the molecule is CN=C(NCCCc1cn(-c2ccccc2)nc1C)NCCn1cccc1. The molecular formula is C21H28N6. The van der Waals surface area contributed by atoms with Crippen molar-refractivity contribution < 1.29 is 0 Å². The summed E-state index contributed by atoms with van der Waals surface area (Å²) in [6.45, 7) is 4.71. The number of nitrogens with zero attached hydrogens (tertiary/aromatic N) is 4. The van der Waals surface area contributed by atoms with Crippen LogP contribution in [-0.2, 0) is 13.0 Å². The smallest absolute Gasteiger partial charge is 0.191 e. The van der Waals surface area contributed by atoms with E-state index < -0.39 is 0 Å². The van der Waals surface area contributed by atoms with Crippen LogP contribution in [0.1, 0.15) is 17.7 Å². The molecule has 1 aromatic carbocycles. The molecule has 27 heavy (non-hydrogen) atoms. The lowest BCUT2D eigenvalue weighted by Gasteiger charge is -2.12. The minimum absolute atomic E-state index is 0.845. The van der Waals surface area contributed by atoms with Crippen LogP contribution in [0.5, 0.6) is 0 Å². The molecule has 2 aromatic heterocycles. The second kappa shape index (κ2) is 9.62. The minimum atomic E-state index is 0.845. The third-order valence-corrected chi connectivity index (χ3v) is 4.49. The summed E-state index contributed by atoms with van der Waals surface area (Å²) < 4.78 is 4.10. The fourth-order valence-electron chi connectivity index (χ4n) is 2.98. The van der Waals surface area contributed by atoms with E-state index in [1.807, 2.05) is 35.0 Å². The zero-order valence-electron chi connectivity index (χ0n) is 16.1. The molecular weight excluding hydrogens is 336 g/mol. The highest BCUT2D eigenvalue weighted by Crippen LogP contribution is 2.13. The number of rotatable bonds is 8. The number of hydrogen-bond acceptors (Lipinski definition) is 2. The molecule has 6 nitrogen and oxygen atoms in total. The van der Waals surface area contributed by atoms with E-state index in [1.165, 1.54) is 5.56 Å². The highest BCUT2D eigenvalue weighted by molar-refractivity contribution is 5.79. The van der Waals surface area contributed by atoms with Gasteiger partial charge in [0.25, 0.3) is 0 Å². The van der Waals surface area contributed by atoms with E-state index in [0.717, 1.165) is 49.8 Å². The predicted molar refractivity (Wildman–Crippen MR) is 110 cm³/mol. The van der Waals surface area contributed by atoms with Crippen LogP contribution in [0.3, 0.4) is 0 Å². The third kappa shape index (κ3) is 5.48. The van der Waals surface area contributed by atoms with Crippen LogP contribution < -0.4 is 10.6 Å². The lowest BCUT2D eigenvalue weighted by atomic mass is 10.1. The van der Waals surface area contributed by atoms with Crippen LogP contribution >= 0.6 is 0 Å². The van der Waals surface area contributed by atoms with Crippen LogP contribution in [0.4, 0.5) is 0 Å². The molecule has 3 aromatic rings. The largest absolute Gasteiger partial charge is 0.356 e. The maximum Gasteiger partial charge on any atom is 0.191 e. The van der Waals surface area contributed by atoms with Gasteiger partial charge in [-0.3, -0.25) is 4.99 Å². The van der Waals surface area contributed by atoms with Gasteiger partial charge < -0.3 is 15.2 Å². The highest BCUT2D eigenvalue weighted by Gasteiger charge is 2.06. The summed E-state index contributed by atoms with van der Waals surface area (Å²) in [5, 5.41) is 11.4. The van der Waals surface area contributed by atoms with Crippen molar-refractivity contribution >= 4 is 5.96 Å². The summed E-state index contributed by atoms with van der Waals surface area (Å²) in [6.07, 6.45) is 8.28. The van der Waals surface area contributed by atoms with E-state index in [2.05, 4.69) is 62.9 Å². The molecule has 0 fully saturated rings. The van der Waals surface area contributed by atoms with E-state index in [-0.39, 0.29) is 0 Å². The van der Waals surface area contributed by atoms with Gasteiger partial charge in [-0.2, -0.15) is 5.10 Å². The number of benzene rings is 1. The molecule has 2 heterocycles. The van der Waals surface area contributed by atoms with Gasteiger partial charge >= 0.3 is 0 Å². The van der Waals surface area contributed by atoms with Crippen molar-refractivity contribution in [2.75, 3.05) is 20.1 Å². The van der Waals surface area contributed by atoms with E-state index in [9.17, 15) is 0 Å². The van der Waals surface area contributed by atoms with Gasteiger partial charge in [0.15, 0.2) is 5.96 Å². The Labute approximate surface area is 160 Å². The van der Waals surface area contributed by atoms with Crippen molar-refractivity contribution in [2.24, 2.45) is 4.99 Å². The van der Waals surface area contributed by atoms with Crippen molar-refractivity contribution in [1.82, 2.24) is 25.0 Å². The van der Waals surface area contributed by atoms with Crippen molar-refractivity contribution in [3.8, 4) is 5.69 Å². The van der Waals surface area contributed by atoms with Crippen molar-refractivity contribution in [3.05, 3.63) is 72.3 Å². The lowest BCUT2D eigenvalue weighted by molar-refractivity contribution is 0.661. The maximum atomic E-state index is 4.63. The summed E-state index contributed by atoms with van der Waals surface area (Å²) >= 11 is 0. The average molecular weight is 364 g/mol. The Morgan fingerprint density at radius 2 is 1.78 bits per heavy atom. The maximum absolute atomic E-state index is 4.63. The Balaban J connectivity index is 1.41. The summed E-state index contributed by atoms with van der Waals surface area (Å²) in [5.41, 5.74) is 3.47. The number of aromatic nitrogens is 3. The first-order valence-electron chi connectivity index (χ1n) is 9.42. The molecule has 0 radical (unpaired) electrons. The van der Waals surface area contributed by atoms with Crippen LogP contribution in [0.15, 0.2) is 66.0 Å². The van der Waals surface area contributed by atoms with Gasteiger partial charge in [0, 0.05) is 45.3 Å². The molecule has 0 atom stereocenters. The molecule has 0 spiro atoms. The number of hydrogen-bond donors (Lipinski definition) is 2. The van der Waals surface area contributed by atoms with Crippen LogP contribution in [0.2, 0.25) is 0 Å². The fraction of sp³-hybridized carbons (Fsp3) is 0.333. The van der Waals surface area contributed by atoms with Gasteiger partial charge in [-0.15, -0.1) is 0 Å². The lowest BCUT2D eigenvalue weighted by Crippen LogP contribution is -2.39. The summed E-state index contributed by atoms with van der Waals surface area (Å²) in [7, 11) is 1.80. The van der Waals surface area contributed by atoms with Gasteiger partial charge in [0.1, 0.15) is 0 Å². The molecule has 6 heteroatoms. The van der Waals surface area contributed by atoms with E-state index in [4.69, 9.17) is 0 Å². The summed E-state index contributed by atoms with van der Waals surface area (Å²) in [6, 6.07) is 14.3. The van der Waals surface area contributed by atoms with Gasteiger partial charge in [-0.25, -0.2) is 4.68 Å². The summed E-state index contributed by atoms with van der Waals surface area (Å²) in [5.74, 6) is 0.846. The highest BCUT2D eigenvalue weighted by atomic mass is 15.3. The topological polar surface area (TPSA) is 59.2 Å². The van der Waals surface area contributed by atoms with E-state index in [0.29, 0.717) is 0 Å². The van der Waals surface area contributed by atoms with Gasteiger partial charge in [-0.05, 0) is 49.6 Å². The van der Waals surface area contributed by atoms with Crippen LogP contribution in [-0.4, -0.2) is 40.4 Å². The zero-order valence-corrected chi connectivity index (χ0v) is 16.1. The van der Waals surface area contributed by atoms with Crippen molar-refractivity contribution in [3.63, 3.8) is 0 Å². The number of aliphatic imine (C=N–C) groups is 1. The molecule has 0 aliphatic heterocycles. The molecule has 2 N–H and O–H groups in total. The number of nitrogens with one attached hydrogen (secondary N) is 2. The Morgan fingerprint density at radius 3 is 2.52 bits per heavy atom. The van der Waals surface area contributed by atoms with Gasteiger partial charge in [0.05, 0.1) is 11.4 Å². The molecule has 0 aliphatic rings. The van der Waals surface area contributed by atoms with Crippen LogP contribution in [0.25, 0.3) is 5.69 Å². The first-order valence-corrected chi connectivity index (χ1v) is 9.42. The summed E-state index contributed by atoms with van der Waals surface area (Å²) in [4.78, 5) is 4.28. The molecule has 0 bridgehead atoms. The van der Waals surface area contributed by atoms with Crippen molar-refractivity contribution in [1.29, 1.82) is 0 Å². The van der Waals surface area contributed by atoms with Gasteiger partial charge in [0.2, 0.25) is 0 Å². The van der Waals surface area contributed by atoms with E-state index in [1.54, 1.807) is 7.05 Å². The first kappa shape index (κ1) is 18.8. The second-order valence-corrected chi connectivity index (χ2v) is 6.47. The van der Waals surface area contributed by atoms with E-state index >= 15 is 0 Å².